The van der Waals surface area contributed by atoms with Gasteiger partial charge >= 0.3 is 0 Å². The van der Waals surface area contributed by atoms with Gasteiger partial charge in [-0.15, -0.1) is 23.2 Å². The second-order valence-electron chi connectivity index (χ2n) is 1.83. The molecule has 0 aliphatic heterocycles. The van der Waals surface area contributed by atoms with Crippen LogP contribution in [0.1, 0.15) is 13.8 Å². The summed E-state index contributed by atoms with van der Waals surface area (Å²) < 4.78 is 0. The molecule has 0 radical (unpaired) electrons. The van der Waals surface area contributed by atoms with E-state index in [0.29, 0.717) is 11.8 Å². The second-order valence-corrected chi connectivity index (χ2v) is 2.36. The third-order valence-electron chi connectivity index (χ3n) is 1.13. The van der Waals surface area contributed by atoms with Crippen LogP contribution in [0.2, 0.25) is 0 Å². The SMILES string of the molecule is C/C(CCl)=C(\C)CCl. The van der Waals surface area contributed by atoms with E-state index >= 15 is 0 Å². The lowest BCUT2D eigenvalue weighted by molar-refractivity contribution is 1.24. The molecule has 0 unspecified atom stereocenters. The highest BCUT2D eigenvalue weighted by atomic mass is 35.5. The topological polar surface area (TPSA) is 0 Å². The molecule has 2 heteroatoms. The van der Waals surface area contributed by atoms with Crippen molar-refractivity contribution in [1.82, 2.24) is 0 Å². The van der Waals surface area contributed by atoms with Gasteiger partial charge in [-0.05, 0) is 13.8 Å². The monoisotopic (exact) mass is 152 g/mol. The third-order valence-corrected chi connectivity index (χ3v) is 1.93. The Labute approximate surface area is 60.5 Å². The molecule has 0 saturated heterocycles. The van der Waals surface area contributed by atoms with E-state index in [2.05, 4.69) is 0 Å². The Bertz CT molecular complexity index is 82.7. The number of halogens is 2. The molecule has 0 heterocycles. The summed E-state index contributed by atoms with van der Waals surface area (Å²) in [6.07, 6.45) is 0. The van der Waals surface area contributed by atoms with Gasteiger partial charge in [0.05, 0.1) is 0 Å². The Hall–Kier alpha value is 0.320. The fourth-order valence-corrected chi connectivity index (χ4v) is 0.684. The Morgan fingerprint density at radius 2 is 1.25 bits per heavy atom. The lowest BCUT2D eigenvalue weighted by Gasteiger charge is -1.97. The Kier molecular flexibility index (Phi) is 4.39. The first-order chi connectivity index (χ1) is 3.72. The van der Waals surface area contributed by atoms with Gasteiger partial charge in [0.1, 0.15) is 0 Å². The number of hydrogen-bond donors (Lipinski definition) is 0. The molecule has 0 aromatic rings. The summed E-state index contributed by atoms with van der Waals surface area (Å²) in [4.78, 5) is 0. The first-order valence-electron chi connectivity index (χ1n) is 2.49. The summed E-state index contributed by atoms with van der Waals surface area (Å²) in [6.45, 7) is 3.98. The fraction of sp³-hybridized carbons (Fsp3) is 0.667. The number of hydrogen-bond acceptors (Lipinski definition) is 0. The first kappa shape index (κ1) is 8.32. The van der Waals surface area contributed by atoms with E-state index in [4.69, 9.17) is 23.2 Å². The number of allylic oxidation sites excluding steroid dienone is 2. The summed E-state index contributed by atoms with van der Waals surface area (Å²) >= 11 is 11.0. The highest BCUT2D eigenvalue weighted by Crippen LogP contribution is 2.05. The summed E-state index contributed by atoms with van der Waals surface area (Å²) in [5, 5.41) is 0. The van der Waals surface area contributed by atoms with E-state index in [1.54, 1.807) is 0 Å². The maximum absolute atomic E-state index is 5.51. The largest absolute Gasteiger partial charge is 0.122 e. The van der Waals surface area contributed by atoms with E-state index in [9.17, 15) is 0 Å². The number of rotatable bonds is 2. The van der Waals surface area contributed by atoms with Crippen LogP contribution in [-0.2, 0) is 0 Å². The van der Waals surface area contributed by atoms with E-state index in [0.717, 1.165) is 0 Å². The molecule has 0 aromatic carbocycles. The van der Waals surface area contributed by atoms with Crippen LogP contribution in [0.15, 0.2) is 11.1 Å². The molecule has 0 aromatic heterocycles. The summed E-state index contributed by atoms with van der Waals surface area (Å²) in [6, 6.07) is 0. The van der Waals surface area contributed by atoms with E-state index < -0.39 is 0 Å². The fourth-order valence-electron chi connectivity index (χ4n) is 0.228. The molecule has 0 rings (SSSR count). The molecule has 0 bridgehead atoms. The highest BCUT2D eigenvalue weighted by Gasteiger charge is 1.90. The van der Waals surface area contributed by atoms with E-state index in [1.807, 2.05) is 13.8 Å². The summed E-state index contributed by atoms with van der Waals surface area (Å²) in [5.74, 6) is 1.19. The predicted octanol–water partition coefficient (Wildman–Crippen LogP) is 2.80. The van der Waals surface area contributed by atoms with Gasteiger partial charge in [-0.3, -0.25) is 0 Å². The van der Waals surface area contributed by atoms with Crippen LogP contribution in [0.5, 0.6) is 0 Å². The smallest absolute Gasteiger partial charge is 0.0433 e. The summed E-state index contributed by atoms with van der Waals surface area (Å²) in [5.41, 5.74) is 2.36. The van der Waals surface area contributed by atoms with Crippen molar-refractivity contribution in [2.45, 2.75) is 13.8 Å². The molecule has 0 amide bonds. The highest BCUT2D eigenvalue weighted by molar-refractivity contribution is 6.20. The van der Waals surface area contributed by atoms with Crippen LogP contribution in [0.25, 0.3) is 0 Å². The molecular formula is C6H10Cl2. The van der Waals surface area contributed by atoms with Crippen LogP contribution < -0.4 is 0 Å². The average Bonchev–Trinajstić information content (AvgIpc) is 1.84. The molecule has 0 aliphatic rings. The average molecular weight is 153 g/mol. The van der Waals surface area contributed by atoms with Gasteiger partial charge in [-0.25, -0.2) is 0 Å². The molecule has 0 aliphatic carbocycles. The molecule has 48 valence electrons. The minimum atomic E-state index is 0.596. The zero-order valence-corrected chi connectivity index (χ0v) is 6.68. The second kappa shape index (κ2) is 4.22. The van der Waals surface area contributed by atoms with Crippen molar-refractivity contribution in [3.8, 4) is 0 Å². The maximum Gasteiger partial charge on any atom is 0.0433 e. The van der Waals surface area contributed by atoms with Crippen molar-refractivity contribution in [2.24, 2.45) is 0 Å². The molecule has 0 fully saturated rings. The van der Waals surface area contributed by atoms with Gasteiger partial charge in [0.15, 0.2) is 0 Å². The van der Waals surface area contributed by atoms with Gasteiger partial charge in [-0.1, -0.05) is 11.1 Å². The lowest BCUT2D eigenvalue weighted by Crippen LogP contribution is -1.85. The van der Waals surface area contributed by atoms with Crippen molar-refractivity contribution in [3.63, 3.8) is 0 Å². The lowest BCUT2D eigenvalue weighted by atomic mass is 10.2. The van der Waals surface area contributed by atoms with Crippen molar-refractivity contribution in [3.05, 3.63) is 11.1 Å². The molecule has 0 N–H and O–H groups in total. The van der Waals surface area contributed by atoms with Crippen LogP contribution >= 0.6 is 23.2 Å². The van der Waals surface area contributed by atoms with Crippen LogP contribution in [0.4, 0.5) is 0 Å². The van der Waals surface area contributed by atoms with Crippen LogP contribution in [-0.4, -0.2) is 11.8 Å². The molecule has 8 heavy (non-hydrogen) atoms. The Morgan fingerprint density at radius 3 is 1.38 bits per heavy atom. The first-order valence-corrected chi connectivity index (χ1v) is 3.56. The molecule has 0 atom stereocenters. The Morgan fingerprint density at radius 1 is 1.00 bits per heavy atom. The quantitative estimate of drug-likeness (QED) is 0.422. The predicted molar refractivity (Wildman–Crippen MR) is 39.8 cm³/mol. The Balaban J connectivity index is 3.83. The van der Waals surface area contributed by atoms with E-state index in [-0.39, 0.29) is 0 Å². The van der Waals surface area contributed by atoms with Crippen molar-refractivity contribution >= 4 is 23.2 Å². The number of alkyl halides is 2. The molecular weight excluding hydrogens is 143 g/mol. The van der Waals surface area contributed by atoms with Crippen molar-refractivity contribution in [1.29, 1.82) is 0 Å². The zero-order valence-electron chi connectivity index (χ0n) is 5.17. The standard InChI is InChI=1S/C6H10Cl2/c1-5(3-7)6(2)4-8/h3-4H2,1-2H3/b6-5-. The van der Waals surface area contributed by atoms with Crippen LogP contribution in [0, 0.1) is 0 Å². The van der Waals surface area contributed by atoms with Crippen molar-refractivity contribution < 1.29 is 0 Å². The van der Waals surface area contributed by atoms with Gasteiger partial charge in [0, 0.05) is 11.8 Å². The molecule has 0 nitrogen and oxygen atoms in total. The van der Waals surface area contributed by atoms with Gasteiger partial charge in [0.2, 0.25) is 0 Å². The normalized spacial score (nSPS) is 13.5. The van der Waals surface area contributed by atoms with Crippen LogP contribution in [0.3, 0.4) is 0 Å². The van der Waals surface area contributed by atoms with Gasteiger partial charge in [0.25, 0.3) is 0 Å². The summed E-state index contributed by atoms with van der Waals surface area (Å²) in [7, 11) is 0. The van der Waals surface area contributed by atoms with Crippen molar-refractivity contribution in [2.75, 3.05) is 11.8 Å². The third kappa shape index (κ3) is 2.58. The zero-order chi connectivity index (χ0) is 6.57. The van der Waals surface area contributed by atoms with Gasteiger partial charge in [-0.2, -0.15) is 0 Å². The minimum absolute atomic E-state index is 0.596. The van der Waals surface area contributed by atoms with E-state index in [1.165, 1.54) is 11.1 Å². The molecule has 0 saturated carbocycles. The minimum Gasteiger partial charge on any atom is -0.122 e. The van der Waals surface area contributed by atoms with Gasteiger partial charge < -0.3 is 0 Å². The molecule has 0 spiro atoms. The maximum atomic E-state index is 5.51.